The maximum Gasteiger partial charge on any atom is 0.407 e. The first kappa shape index (κ1) is 13.4. The van der Waals surface area contributed by atoms with Crippen molar-refractivity contribution in [2.24, 2.45) is 0 Å². The standard InChI is InChI=1S/C11H13BrClN3O2/c1-16(10(17)18)11(2-3-11)6-15-7-4-8(12)9(13)14-5-7/h4-5,15H,2-3,6H2,1H3,(H,17,18). The molecule has 7 heteroatoms. The average Bonchev–Trinajstić information content (AvgIpc) is 3.11. The highest BCUT2D eigenvalue weighted by Gasteiger charge is 2.48. The van der Waals surface area contributed by atoms with E-state index in [1.54, 1.807) is 13.2 Å². The lowest BCUT2D eigenvalue weighted by molar-refractivity contribution is 0.135. The van der Waals surface area contributed by atoms with E-state index in [2.05, 4.69) is 26.2 Å². The molecule has 0 radical (unpaired) electrons. The van der Waals surface area contributed by atoms with E-state index in [0.717, 1.165) is 18.5 Å². The van der Waals surface area contributed by atoms with Crippen molar-refractivity contribution in [2.45, 2.75) is 18.4 Å². The van der Waals surface area contributed by atoms with Crippen LogP contribution in [0.2, 0.25) is 5.15 Å². The molecule has 0 atom stereocenters. The minimum Gasteiger partial charge on any atom is -0.465 e. The van der Waals surface area contributed by atoms with Crippen LogP contribution < -0.4 is 5.32 Å². The Hall–Kier alpha value is -1.01. The number of halogens is 2. The van der Waals surface area contributed by atoms with Gasteiger partial charge in [0.15, 0.2) is 0 Å². The summed E-state index contributed by atoms with van der Waals surface area (Å²) in [5, 5.41) is 12.6. The number of carboxylic acid groups (broad SMARTS) is 1. The zero-order valence-corrected chi connectivity index (χ0v) is 12.1. The normalized spacial score (nSPS) is 16.2. The molecule has 1 heterocycles. The molecule has 1 aromatic heterocycles. The number of carbonyl (C=O) groups is 1. The van der Waals surface area contributed by atoms with Gasteiger partial charge in [-0.15, -0.1) is 0 Å². The minimum absolute atomic E-state index is 0.280. The SMILES string of the molecule is CN(C(=O)O)C1(CNc2cnc(Cl)c(Br)c2)CC1. The molecule has 1 aliphatic rings. The van der Waals surface area contributed by atoms with Crippen LogP contribution in [0.3, 0.4) is 0 Å². The molecule has 5 nitrogen and oxygen atoms in total. The van der Waals surface area contributed by atoms with Crippen LogP contribution in [0.25, 0.3) is 0 Å². The maximum absolute atomic E-state index is 11.0. The van der Waals surface area contributed by atoms with Crippen molar-refractivity contribution < 1.29 is 9.90 Å². The fourth-order valence-electron chi connectivity index (χ4n) is 1.76. The molecule has 0 aliphatic heterocycles. The van der Waals surface area contributed by atoms with Crippen molar-refractivity contribution in [3.63, 3.8) is 0 Å². The van der Waals surface area contributed by atoms with E-state index >= 15 is 0 Å². The largest absolute Gasteiger partial charge is 0.465 e. The van der Waals surface area contributed by atoms with Crippen molar-refractivity contribution >= 4 is 39.3 Å². The zero-order valence-electron chi connectivity index (χ0n) is 9.78. The Morgan fingerprint density at radius 2 is 2.39 bits per heavy atom. The number of aromatic nitrogens is 1. The summed E-state index contributed by atoms with van der Waals surface area (Å²) < 4.78 is 0.714. The Balaban J connectivity index is 1.99. The summed E-state index contributed by atoms with van der Waals surface area (Å²) >= 11 is 9.10. The first-order chi connectivity index (χ1) is 8.44. The Morgan fingerprint density at radius 1 is 1.72 bits per heavy atom. The quantitative estimate of drug-likeness (QED) is 0.831. The Labute approximate surface area is 118 Å². The number of nitrogens with one attached hydrogen (secondary N) is 1. The molecule has 0 spiro atoms. The topological polar surface area (TPSA) is 65.5 Å². The molecule has 0 saturated heterocycles. The van der Waals surface area contributed by atoms with Gasteiger partial charge in [0.1, 0.15) is 5.15 Å². The molecule has 98 valence electrons. The van der Waals surface area contributed by atoms with Gasteiger partial charge in [-0.2, -0.15) is 0 Å². The predicted molar refractivity (Wildman–Crippen MR) is 73.2 cm³/mol. The number of hydrogen-bond acceptors (Lipinski definition) is 3. The molecular weight excluding hydrogens is 321 g/mol. The molecule has 0 aromatic carbocycles. The fourth-order valence-corrected chi connectivity index (χ4v) is 2.21. The Morgan fingerprint density at radius 3 is 2.89 bits per heavy atom. The van der Waals surface area contributed by atoms with Gasteiger partial charge in [0.25, 0.3) is 0 Å². The number of hydrogen-bond donors (Lipinski definition) is 2. The van der Waals surface area contributed by atoms with Gasteiger partial charge in [0.05, 0.1) is 21.9 Å². The van der Waals surface area contributed by atoms with Gasteiger partial charge in [-0.1, -0.05) is 11.6 Å². The lowest BCUT2D eigenvalue weighted by Crippen LogP contribution is -2.42. The van der Waals surface area contributed by atoms with E-state index < -0.39 is 6.09 Å². The third-order valence-corrected chi connectivity index (χ3v) is 4.38. The van der Waals surface area contributed by atoms with Crippen LogP contribution in [0, 0.1) is 0 Å². The monoisotopic (exact) mass is 333 g/mol. The van der Waals surface area contributed by atoms with Gasteiger partial charge in [-0.25, -0.2) is 9.78 Å². The third kappa shape index (κ3) is 2.70. The molecule has 2 N–H and O–H groups in total. The van der Waals surface area contributed by atoms with Crippen LogP contribution in [0.15, 0.2) is 16.7 Å². The van der Waals surface area contributed by atoms with Crippen LogP contribution in [-0.2, 0) is 0 Å². The van der Waals surface area contributed by atoms with E-state index in [0.29, 0.717) is 16.2 Å². The van der Waals surface area contributed by atoms with E-state index in [9.17, 15) is 4.79 Å². The first-order valence-corrected chi connectivity index (χ1v) is 6.63. The zero-order chi connectivity index (χ0) is 13.3. The van der Waals surface area contributed by atoms with Gasteiger partial charge >= 0.3 is 6.09 Å². The van der Waals surface area contributed by atoms with E-state index in [4.69, 9.17) is 16.7 Å². The summed E-state index contributed by atoms with van der Waals surface area (Å²) in [6.45, 7) is 0.575. The second kappa shape index (κ2) is 4.93. The van der Waals surface area contributed by atoms with Crippen molar-refractivity contribution in [3.05, 3.63) is 21.9 Å². The summed E-state index contributed by atoms with van der Waals surface area (Å²) in [4.78, 5) is 16.3. The van der Waals surface area contributed by atoms with Crippen LogP contribution in [-0.4, -0.2) is 40.2 Å². The average molecular weight is 335 g/mol. The molecule has 1 aromatic rings. The van der Waals surface area contributed by atoms with Gasteiger partial charge in [0, 0.05) is 13.6 Å². The summed E-state index contributed by atoms with van der Waals surface area (Å²) in [7, 11) is 1.60. The summed E-state index contributed by atoms with van der Waals surface area (Å²) in [6, 6.07) is 1.83. The van der Waals surface area contributed by atoms with Crippen molar-refractivity contribution in [2.75, 3.05) is 18.9 Å². The van der Waals surface area contributed by atoms with Crippen LogP contribution in [0.4, 0.5) is 10.5 Å². The van der Waals surface area contributed by atoms with Crippen LogP contribution in [0.1, 0.15) is 12.8 Å². The highest BCUT2D eigenvalue weighted by atomic mass is 79.9. The maximum atomic E-state index is 11.0. The lowest BCUT2D eigenvalue weighted by Gasteiger charge is -2.26. The number of pyridine rings is 1. The van der Waals surface area contributed by atoms with Crippen molar-refractivity contribution in [1.82, 2.24) is 9.88 Å². The number of nitrogens with zero attached hydrogens (tertiary/aromatic N) is 2. The second-order valence-electron chi connectivity index (χ2n) is 4.42. The highest BCUT2D eigenvalue weighted by molar-refractivity contribution is 9.10. The molecule has 1 amide bonds. The van der Waals surface area contributed by atoms with Gasteiger partial charge in [-0.05, 0) is 34.8 Å². The van der Waals surface area contributed by atoms with Gasteiger partial charge in [-0.3, -0.25) is 0 Å². The molecule has 0 bridgehead atoms. The van der Waals surface area contributed by atoms with E-state index in [1.165, 1.54) is 4.90 Å². The summed E-state index contributed by atoms with van der Waals surface area (Å²) in [5.74, 6) is 0. The second-order valence-corrected chi connectivity index (χ2v) is 5.63. The summed E-state index contributed by atoms with van der Waals surface area (Å²) in [6.07, 6.45) is 2.49. The van der Waals surface area contributed by atoms with Crippen LogP contribution >= 0.6 is 27.5 Å². The van der Waals surface area contributed by atoms with Crippen molar-refractivity contribution in [1.29, 1.82) is 0 Å². The summed E-state index contributed by atoms with van der Waals surface area (Å²) in [5.41, 5.74) is 0.536. The smallest absolute Gasteiger partial charge is 0.407 e. The van der Waals surface area contributed by atoms with Gasteiger partial charge in [0.2, 0.25) is 0 Å². The molecule has 2 rings (SSSR count). The molecule has 0 unspecified atom stereocenters. The number of anilines is 1. The molecule has 1 aliphatic carbocycles. The lowest BCUT2D eigenvalue weighted by atomic mass is 10.2. The number of likely N-dealkylation sites (N-methyl/N-ethyl adjacent to an activating group) is 1. The predicted octanol–water partition coefficient (Wildman–Crippen LogP) is 3.05. The third-order valence-electron chi connectivity index (χ3n) is 3.24. The molecule has 18 heavy (non-hydrogen) atoms. The Kier molecular flexibility index (Phi) is 3.68. The number of amides is 1. The van der Waals surface area contributed by atoms with Crippen LogP contribution in [0.5, 0.6) is 0 Å². The molecule has 1 fully saturated rings. The number of rotatable bonds is 4. The highest BCUT2D eigenvalue weighted by Crippen LogP contribution is 2.41. The first-order valence-electron chi connectivity index (χ1n) is 5.46. The molecular formula is C11H13BrClN3O2. The molecule has 1 saturated carbocycles. The Bertz CT molecular complexity index is 479. The van der Waals surface area contributed by atoms with E-state index in [1.807, 2.05) is 6.07 Å². The van der Waals surface area contributed by atoms with Gasteiger partial charge < -0.3 is 15.3 Å². The minimum atomic E-state index is -0.898. The fraction of sp³-hybridized carbons (Fsp3) is 0.455. The van der Waals surface area contributed by atoms with E-state index in [-0.39, 0.29) is 5.54 Å². The van der Waals surface area contributed by atoms with Crippen molar-refractivity contribution in [3.8, 4) is 0 Å².